The first-order valence-electron chi connectivity index (χ1n) is 10.8. The quantitative estimate of drug-likeness (QED) is 0.548. The van der Waals surface area contributed by atoms with Gasteiger partial charge in [0.1, 0.15) is 6.61 Å². The van der Waals surface area contributed by atoms with Crippen molar-refractivity contribution >= 4 is 40.4 Å². The monoisotopic (exact) mass is 488 g/mol. The Hall–Kier alpha value is -2.37. The van der Waals surface area contributed by atoms with Crippen molar-refractivity contribution in [1.29, 1.82) is 0 Å². The van der Waals surface area contributed by atoms with Gasteiger partial charge in [-0.3, -0.25) is 19.6 Å². The molecular weight excluding hydrogens is 465 g/mol. The van der Waals surface area contributed by atoms with Crippen LogP contribution in [0.3, 0.4) is 0 Å². The van der Waals surface area contributed by atoms with Gasteiger partial charge in [-0.05, 0) is 43.9 Å². The molecule has 2 aliphatic carbocycles. The van der Waals surface area contributed by atoms with E-state index in [-0.39, 0.29) is 43.2 Å². The molecule has 0 bridgehead atoms. The lowest BCUT2D eigenvalue weighted by Gasteiger charge is -2.35. The number of aromatic nitrogens is 2. The third-order valence-corrected chi connectivity index (χ3v) is 6.19. The standard InChI is InChI=1S/C21H24ClF3N4O4/c22-12-3-6-16-17(7-12)28-20(27-16)29-19(31)11-1-4-13(5-2-11)26-18(30)10-32-14-8-15(9-14)33-21(23,24)25/h3,6-7,11,13-15H,1-2,4-5,8-10H2,(H,26,30)(H2,27,28,29,31)/t11-,13-,14-,15+. The third-order valence-electron chi connectivity index (χ3n) is 5.95. The number of hydrogen-bond acceptors (Lipinski definition) is 5. The first-order valence-corrected chi connectivity index (χ1v) is 11.1. The average Bonchev–Trinajstić information content (AvgIpc) is 3.10. The molecule has 3 N–H and O–H groups in total. The van der Waals surface area contributed by atoms with Crippen molar-refractivity contribution in [3.8, 4) is 0 Å². The average molecular weight is 489 g/mol. The Bertz CT molecular complexity index is 1000. The molecular formula is C21H24ClF3N4O4. The van der Waals surface area contributed by atoms with Crippen LogP contribution in [0.25, 0.3) is 11.0 Å². The summed E-state index contributed by atoms with van der Waals surface area (Å²) in [6.07, 6.45) is -3.21. The number of imidazole rings is 1. The summed E-state index contributed by atoms with van der Waals surface area (Å²) < 4.78 is 45.6. The topological polar surface area (TPSA) is 105 Å². The first-order chi connectivity index (χ1) is 15.6. The Morgan fingerprint density at radius 2 is 1.88 bits per heavy atom. The molecule has 1 aromatic carbocycles. The Morgan fingerprint density at radius 3 is 2.58 bits per heavy atom. The van der Waals surface area contributed by atoms with Crippen molar-refractivity contribution in [2.45, 2.75) is 63.1 Å². The fourth-order valence-electron chi connectivity index (χ4n) is 4.16. The van der Waals surface area contributed by atoms with Gasteiger partial charge in [-0.25, -0.2) is 4.98 Å². The number of anilines is 1. The molecule has 1 heterocycles. The fourth-order valence-corrected chi connectivity index (χ4v) is 4.32. The van der Waals surface area contributed by atoms with Gasteiger partial charge in [-0.2, -0.15) is 0 Å². The second kappa shape index (κ2) is 9.86. The first kappa shape index (κ1) is 23.8. The minimum Gasteiger partial charge on any atom is -0.368 e. The molecule has 12 heteroatoms. The number of carbonyl (C=O) groups is 2. The molecule has 0 unspecified atom stereocenters. The van der Waals surface area contributed by atoms with E-state index in [9.17, 15) is 22.8 Å². The summed E-state index contributed by atoms with van der Waals surface area (Å²) >= 11 is 5.96. The number of nitrogens with one attached hydrogen (secondary N) is 3. The number of ether oxygens (including phenoxy) is 2. The number of fused-ring (bicyclic) bond motifs is 1. The zero-order chi connectivity index (χ0) is 23.6. The van der Waals surface area contributed by atoms with Gasteiger partial charge < -0.3 is 15.0 Å². The number of benzene rings is 1. The highest BCUT2D eigenvalue weighted by Crippen LogP contribution is 2.32. The lowest BCUT2D eigenvalue weighted by atomic mass is 9.85. The number of rotatable bonds is 7. The smallest absolute Gasteiger partial charge is 0.368 e. The molecule has 0 radical (unpaired) electrons. The van der Waals surface area contributed by atoms with Crippen molar-refractivity contribution in [2.24, 2.45) is 5.92 Å². The molecule has 0 atom stereocenters. The van der Waals surface area contributed by atoms with Crippen molar-refractivity contribution in [2.75, 3.05) is 11.9 Å². The number of H-pyrrole nitrogens is 1. The Kier molecular flexibility index (Phi) is 7.10. The highest BCUT2D eigenvalue weighted by Gasteiger charge is 2.40. The van der Waals surface area contributed by atoms with Gasteiger partial charge in [0.25, 0.3) is 0 Å². The molecule has 1 aromatic heterocycles. The highest BCUT2D eigenvalue weighted by molar-refractivity contribution is 6.31. The van der Waals surface area contributed by atoms with E-state index in [4.69, 9.17) is 16.3 Å². The van der Waals surface area contributed by atoms with E-state index in [1.54, 1.807) is 18.2 Å². The summed E-state index contributed by atoms with van der Waals surface area (Å²) in [4.78, 5) is 32.0. The summed E-state index contributed by atoms with van der Waals surface area (Å²) in [6, 6.07) is 5.17. The zero-order valence-corrected chi connectivity index (χ0v) is 18.3. The molecule has 0 saturated heterocycles. The highest BCUT2D eigenvalue weighted by atomic mass is 35.5. The van der Waals surface area contributed by atoms with Crippen LogP contribution in [-0.2, 0) is 19.1 Å². The van der Waals surface area contributed by atoms with E-state index in [0.29, 0.717) is 42.2 Å². The minimum absolute atomic E-state index is 0.0683. The van der Waals surface area contributed by atoms with Crippen LogP contribution in [0.15, 0.2) is 18.2 Å². The summed E-state index contributed by atoms with van der Waals surface area (Å²) in [6.45, 7) is -0.208. The molecule has 2 fully saturated rings. The van der Waals surface area contributed by atoms with Gasteiger partial charge in [-0.1, -0.05) is 11.6 Å². The van der Waals surface area contributed by atoms with Crippen molar-refractivity contribution in [3.05, 3.63) is 23.2 Å². The van der Waals surface area contributed by atoms with Gasteiger partial charge in [-0.15, -0.1) is 13.2 Å². The fraction of sp³-hybridized carbons (Fsp3) is 0.571. The number of halogens is 4. The van der Waals surface area contributed by atoms with E-state index in [1.807, 2.05) is 0 Å². The van der Waals surface area contributed by atoms with Crippen LogP contribution in [-0.4, -0.2) is 53.0 Å². The van der Waals surface area contributed by atoms with Crippen LogP contribution in [0.2, 0.25) is 5.02 Å². The Morgan fingerprint density at radius 1 is 1.15 bits per heavy atom. The third kappa shape index (κ3) is 6.58. The second-order valence-electron chi connectivity index (χ2n) is 8.44. The predicted molar refractivity (Wildman–Crippen MR) is 114 cm³/mol. The summed E-state index contributed by atoms with van der Waals surface area (Å²) in [5.41, 5.74) is 1.44. The number of carbonyl (C=O) groups excluding carboxylic acids is 2. The van der Waals surface area contributed by atoms with E-state index < -0.39 is 18.6 Å². The van der Waals surface area contributed by atoms with Crippen LogP contribution < -0.4 is 10.6 Å². The lowest BCUT2D eigenvalue weighted by Crippen LogP contribution is -2.44. The largest absolute Gasteiger partial charge is 0.522 e. The molecule has 8 nitrogen and oxygen atoms in total. The number of aromatic amines is 1. The van der Waals surface area contributed by atoms with E-state index >= 15 is 0 Å². The Balaban J connectivity index is 1.14. The van der Waals surface area contributed by atoms with Crippen LogP contribution in [0, 0.1) is 5.92 Å². The maximum Gasteiger partial charge on any atom is 0.522 e. The molecule has 2 amide bonds. The summed E-state index contributed by atoms with van der Waals surface area (Å²) in [5, 5.41) is 6.23. The van der Waals surface area contributed by atoms with Crippen molar-refractivity contribution in [1.82, 2.24) is 15.3 Å². The second-order valence-corrected chi connectivity index (χ2v) is 8.88. The van der Waals surface area contributed by atoms with Crippen molar-refractivity contribution < 1.29 is 32.2 Å². The number of amides is 2. The van der Waals surface area contributed by atoms with E-state index in [0.717, 1.165) is 5.52 Å². The SMILES string of the molecule is O=C(CO[C@H]1C[C@@H](OC(F)(F)F)C1)N[C@H]1CC[C@H](C(=O)Nc2nc3cc(Cl)ccc3[nH]2)CC1. The Labute approximate surface area is 192 Å². The molecule has 4 rings (SSSR count). The molecule has 0 spiro atoms. The van der Waals surface area contributed by atoms with E-state index in [2.05, 4.69) is 25.3 Å². The maximum absolute atomic E-state index is 12.6. The lowest BCUT2D eigenvalue weighted by molar-refractivity contribution is -0.357. The molecule has 2 saturated carbocycles. The number of hydrogen-bond donors (Lipinski definition) is 3. The minimum atomic E-state index is -4.65. The normalized spacial score (nSPS) is 25.5. The van der Waals surface area contributed by atoms with E-state index in [1.165, 1.54) is 0 Å². The van der Waals surface area contributed by atoms with Gasteiger partial charge >= 0.3 is 6.36 Å². The van der Waals surface area contributed by atoms with Crippen LogP contribution in [0.1, 0.15) is 38.5 Å². The number of alkyl halides is 3. The molecule has 2 aromatic rings. The van der Waals surface area contributed by atoms with Gasteiger partial charge in [0.05, 0.1) is 23.2 Å². The molecule has 33 heavy (non-hydrogen) atoms. The zero-order valence-electron chi connectivity index (χ0n) is 17.6. The maximum atomic E-state index is 12.6. The molecule has 2 aliphatic rings. The van der Waals surface area contributed by atoms with Gasteiger partial charge in [0, 0.05) is 29.8 Å². The van der Waals surface area contributed by atoms with Crippen LogP contribution in [0.5, 0.6) is 0 Å². The summed E-state index contributed by atoms with van der Waals surface area (Å²) in [7, 11) is 0. The molecule has 180 valence electrons. The predicted octanol–water partition coefficient (Wildman–Crippen LogP) is 3.91. The van der Waals surface area contributed by atoms with Gasteiger partial charge in [0.2, 0.25) is 17.8 Å². The summed E-state index contributed by atoms with van der Waals surface area (Å²) in [5.74, 6) is -0.270. The van der Waals surface area contributed by atoms with Gasteiger partial charge in [0.15, 0.2) is 0 Å². The van der Waals surface area contributed by atoms with Crippen molar-refractivity contribution in [3.63, 3.8) is 0 Å². The van der Waals surface area contributed by atoms with Crippen LogP contribution >= 0.6 is 11.6 Å². The molecule has 0 aliphatic heterocycles. The number of nitrogens with zero attached hydrogens (tertiary/aromatic N) is 1. The van der Waals surface area contributed by atoms with Crippen LogP contribution in [0.4, 0.5) is 19.1 Å².